The first kappa shape index (κ1) is 15.2. The Bertz CT molecular complexity index is 818. The zero-order chi connectivity index (χ0) is 16.4. The molecule has 23 heavy (non-hydrogen) atoms. The lowest BCUT2D eigenvalue weighted by Gasteiger charge is -2.03. The molecule has 1 aliphatic rings. The van der Waals surface area contributed by atoms with Crippen molar-refractivity contribution >= 4 is 5.97 Å². The highest BCUT2D eigenvalue weighted by Gasteiger charge is 2.14. The van der Waals surface area contributed by atoms with Crippen LogP contribution in [0.15, 0.2) is 48.2 Å². The van der Waals surface area contributed by atoms with E-state index >= 15 is 0 Å². The predicted molar refractivity (Wildman–Crippen MR) is 85.1 cm³/mol. The van der Waals surface area contributed by atoms with E-state index in [0.717, 1.165) is 11.3 Å². The molecule has 4 nitrogen and oxygen atoms in total. The summed E-state index contributed by atoms with van der Waals surface area (Å²) in [6, 6.07) is 5.00. The molecular formula is C18H17FN2O2. The molecule has 0 aliphatic heterocycles. The number of carboxylic acids is 1. The van der Waals surface area contributed by atoms with Crippen LogP contribution in [0.4, 0.5) is 4.39 Å². The van der Waals surface area contributed by atoms with Gasteiger partial charge in [-0.3, -0.25) is 0 Å². The first-order valence-electron chi connectivity index (χ1n) is 7.47. The largest absolute Gasteiger partial charge is 0.478 e. The summed E-state index contributed by atoms with van der Waals surface area (Å²) in [4.78, 5) is 11.2. The Morgan fingerprint density at radius 3 is 2.91 bits per heavy atom. The Hall–Kier alpha value is -2.69. The van der Waals surface area contributed by atoms with Gasteiger partial charge < -0.3 is 5.11 Å². The van der Waals surface area contributed by atoms with E-state index in [1.807, 2.05) is 18.3 Å². The summed E-state index contributed by atoms with van der Waals surface area (Å²) < 4.78 is 15.4. The number of hydrogen-bond donors (Lipinski definition) is 1. The number of benzene rings is 1. The summed E-state index contributed by atoms with van der Waals surface area (Å²) in [6.07, 6.45) is 8.81. The van der Waals surface area contributed by atoms with E-state index in [2.05, 4.69) is 5.10 Å². The fraction of sp³-hybridized carbons (Fsp3) is 0.222. The highest BCUT2D eigenvalue weighted by Crippen LogP contribution is 2.20. The lowest BCUT2D eigenvalue weighted by Crippen LogP contribution is -2.02. The standard InChI is InChI=1S/C18H17FN2O2/c1-12-6-9-15(10-16(12)19)21-11-14-8-7-13(18(22)23)4-2-3-5-17(14)20-21/h2-4,6,9-11H,5,7-8H2,1H3,(H,22,23)/b3-2-,13-4+. The molecule has 1 N–H and O–H groups in total. The van der Waals surface area contributed by atoms with E-state index in [4.69, 9.17) is 5.11 Å². The van der Waals surface area contributed by atoms with Crippen molar-refractivity contribution in [2.75, 3.05) is 0 Å². The Labute approximate surface area is 133 Å². The van der Waals surface area contributed by atoms with E-state index in [1.54, 1.807) is 29.8 Å². The average Bonchev–Trinajstić information content (AvgIpc) is 2.94. The quantitative estimate of drug-likeness (QED) is 0.925. The molecule has 2 aromatic rings. The fourth-order valence-corrected chi connectivity index (χ4v) is 2.58. The molecule has 0 saturated carbocycles. The Morgan fingerprint density at radius 1 is 1.35 bits per heavy atom. The Kier molecular flexibility index (Phi) is 4.10. The van der Waals surface area contributed by atoms with Crippen LogP contribution < -0.4 is 0 Å². The Balaban J connectivity index is 1.93. The summed E-state index contributed by atoms with van der Waals surface area (Å²) >= 11 is 0. The summed E-state index contributed by atoms with van der Waals surface area (Å²) in [5.41, 5.74) is 3.51. The molecule has 1 aromatic heterocycles. The van der Waals surface area contributed by atoms with E-state index in [9.17, 15) is 9.18 Å². The van der Waals surface area contributed by atoms with Crippen LogP contribution in [0.3, 0.4) is 0 Å². The molecular weight excluding hydrogens is 295 g/mol. The molecule has 0 amide bonds. The molecule has 0 spiro atoms. The van der Waals surface area contributed by atoms with Gasteiger partial charge in [-0.25, -0.2) is 13.9 Å². The van der Waals surface area contributed by atoms with Gasteiger partial charge in [0.1, 0.15) is 5.82 Å². The molecule has 0 radical (unpaired) electrons. The number of aromatic nitrogens is 2. The zero-order valence-corrected chi connectivity index (χ0v) is 12.8. The van der Waals surface area contributed by atoms with Crippen molar-refractivity contribution in [1.82, 2.24) is 9.78 Å². The van der Waals surface area contributed by atoms with Crippen molar-refractivity contribution in [3.8, 4) is 5.69 Å². The van der Waals surface area contributed by atoms with Crippen LogP contribution in [0.25, 0.3) is 5.69 Å². The van der Waals surface area contributed by atoms with Crippen molar-refractivity contribution in [1.29, 1.82) is 0 Å². The fourth-order valence-electron chi connectivity index (χ4n) is 2.58. The van der Waals surface area contributed by atoms with E-state index in [0.29, 0.717) is 36.1 Å². The second-order valence-electron chi connectivity index (χ2n) is 5.61. The summed E-state index contributed by atoms with van der Waals surface area (Å²) in [5.74, 6) is -1.16. The lowest BCUT2D eigenvalue weighted by atomic mass is 10.1. The minimum Gasteiger partial charge on any atom is -0.478 e. The van der Waals surface area contributed by atoms with Gasteiger partial charge in [0, 0.05) is 18.2 Å². The topological polar surface area (TPSA) is 55.1 Å². The number of rotatable bonds is 2. The molecule has 0 unspecified atom stereocenters. The third-order valence-corrected chi connectivity index (χ3v) is 3.98. The van der Waals surface area contributed by atoms with Crippen LogP contribution in [0.5, 0.6) is 0 Å². The molecule has 5 heteroatoms. The number of fused-ring (bicyclic) bond motifs is 1. The van der Waals surface area contributed by atoms with Crippen molar-refractivity contribution in [2.24, 2.45) is 0 Å². The molecule has 0 atom stereocenters. The molecule has 1 heterocycles. The van der Waals surface area contributed by atoms with Crippen molar-refractivity contribution < 1.29 is 14.3 Å². The molecule has 0 bridgehead atoms. The number of hydrogen-bond acceptors (Lipinski definition) is 2. The van der Waals surface area contributed by atoms with Gasteiger partial charge in [-0.1, -0.05) is 24.3 Å². The van der Waals surface area contributed by atoms with Gasteiger partial charge in [-0.15, -0.1) is 0 Å². The monoisotopic (exact) mass is 312 g/mol. The van der Waals surface area contributed by atoms with Gasteiger partial charge in [0.05, 0.1) is 11.4 Å². The SMILES string of the molecule is Cc1ccc(-n2cc3c(n2)C/C=C\C=C(\C(=O)O)CC3)cc1F. The smallest absolute Gasteiger partial charge is 0.331 e. The van der Waals surface area contributed by atoms with Crippen molar-refractivity contribution in [3.05, 3.63) is 70.8 Å². The number of allylic oxidation sites excluding steroid dienone is 3. The second kappa shape index (κ2) is 6.20. The van der Waals surface area contributed by atoms with E-state index in [-0.39, 0.29) is 5.82 Å². The van der Waals surface area contributed by atoms with E-state index < -0.39 is 5.97 Å². The minimum atomic E-state index is -0.897. The van der Waals surface area contributed by atoms with Crippen LogP contribution in [0.2, 0.25) is 0 Å². The highest BCUT2D eigenvalue weighted by atomic mass is 19.1. The van der Waals surface area contributed by atoms with E-state index in [1.165, 1.54) is 6.07 Å². The predicted octanol–water partition coefficient (Wildman–Crippen LogP) is 3.38. The summed E-state index contributed by atoms with van der Waals surface area (Å²) in [6.45, 7) is 1.72. The normalized spacial score (nSPS) is 18.1. The zero-order valence-electron chi connectivity index (χ0n) is 12.8. The third-order valence-electron chi connectivity index (χ3n) is 3.98. The second-order valence-corrected chi connectivity index (χ2v) is 5.61. The third kappa shape index (κ3) is 3.23. The molecule has 0 fully saturated rings. The average molecular weight is 312 g/mol. The first-order valence-corrected chi connectivity index (χ1v) is 7.47. The molecule has 3 rings (SSSR count). The first-order chi connectivity index (χ1) is 11.0. The maximum atomic E-state index is 13.7. The van der Waals surface area contributed by atoms with Gasteiger partial charge in [0.25, 0.3) is 0 Å². The van der Waals surface area contributed by atoms with Crippen molar-refractivity contribution in [3.63, 3.8) is 0 Å². The van der Waals surface area contributed by atoms with Gasteiger partial charge >= 0.3 is 5.97 Å². The van der Waals surface area contributed by atoms with Crippen LogP contribution in [0.1, 0.15) is 23.2 Å². The number of aryl methyl sites for hydroxylation is 2. The number of nitrogens with zero attached hydrogens (tertiary/aromatic N) is 2. The molecule has 1 aliphatic carbocycles. The van der Waals surface area contributed by atoms with Gasteiger partial charge in [-0.2, -0.15) is 5.10 Å². The number of carbonyl (C=O) groups is 1. The minimum absolute atomic E-state index is 0.266. The Morgan fingerprint density at radius 2 is 2.17 bits per heavy atom. The summed E-state index contributed by atoms with van der Waals surface area (Å²) in [5, 5.41) is 13.7. The maximum Gasteiger partial charge on any atom is 0.331 e. The number of carboxylic acid groups (broad SMARTS) is 1. The van der Waals surface area contributed by atoms with Crippen LogP contribution >= 0.6 is 0 Å². The molecule has 0 saturated heterocycles. The highest BCUT2D eigenvalue weighted by molar-refractivity contribution is 5.86. The van der Waals surface area contributed by atoms with Crippen LogP contribution in [0, 0.1) is 12.7 Å². The lowest BCUT2D eigenvalue weighted by molar-refractivity contribution is -0.132. The van der Waals surface area contributed by atoms with Gasteiger partial charge in [-0.05, 0) is 43.0 Å². The number of halogens is 1. The van der Waals surface area contributed by atoms with Gasteiger partial charge in [0.2, 0.25) is 0 Å². The molecule has 1 aromatic carbocycles. The maximum absolute atomic E-state index is 13.7. The van der Waals surface area contributed by atoms with Crippen molar-refractivity contribution in [2.45, 2.75) is 26.2 Å². The van der Waals surface area contributed by atoms with Crippen LogP contribution in [-0.4, -0.2) is 20.9 Å². The van der Waals surface area contributed by atoms with Gasteiger partial charge in [0.15, 0.2) is 0 Å². The molecule has 118 valence electrons. The van der Waals surface area contributed by atoms with Crippen LogP contribution in [-0.2, 0) is 17.6 Å². The number of aliphatic carboxylic acids is 1. The summed E-state index contributed by atoms with van der Waals surface area (Å²) in [7, 11) is 0.